The van der Waals surface area contributed by atoms with Gasteiger partial charge in [-0.2, -0.15) is 0 Å². The molecule has 0 aliphatic carbocycles. The topological polar surface area (TPSA) is 56.5 Å². The lowest BCUT2D eigenvalue weighted by molar-refractivity contribution is 0.0773. The predicted octanol–water partition coefficient (Wildman–Crippen LogP) is 2.02. The van der Waals surface area contributed by atoms with Gasteiger partial charge in [-0.05, 0) is 30.9 Å². The molecule has 0 amide bonds. The van der Waals surface area contributed by atoms with Crippen LogP contribution in [0, 0.1) is 11.7 Å². The number of ether oxygens (including phenoxy) is 2. The van der Waals surface area contributed by atoms with Crippen LogP contribution in [0.15, 0.2) is 18.2 Å². The number of nitrogens with one attached hydrogen (secondary N) is 1. The minimum Gasteiger partial charge on any atom is -0.494 e. The molecule has 4 nitrogen and oxygen atoms in total. The molecule has 1 heterocycles. The molecule has 0 spiro atoms. The average Bonchev–Trinajstić information content (AvgIpc) is 2.94. The van der Waals surface area contributed by atoms with Crippen molar-refractivity contribution in [2.45, 2.75) is 38.3 Å². The van der Waals surface area contributed by atoms with Gasteiger partial charge in [0.2, 0.25) is 0 Å². The molecule has 112 valence electrons. The number of hydrogen-bond acceptors (Lipinski definition) is 4. The second-order valence-corrected chi connectivity index (χ2v) is 5.18. The molecule has 3 unspecified atom stereocenters. The maximum atomic E-state index is 14.2. The molecule has 0 aromatic heterocycles. The van der Waals surface area contributed by atoms with Gasteiger partial charge in [0.1, 0.15) is 0 Å². The van der Waals surface area contributed by atoms with Crippen molar-refractivity contribution in [1.82, 2.24) is 5.43 Å². The van der Waals surface area contributed by atoms with Gasteiger partial charge >= 0.3 is 0 Å². The second-order valence-electron chi connectivity index (χ2n) is 5.18. The summed E-state index contributed by atoms with van der Waals surface area (Å²) in [6.07, 6.45) is 2.64. The van der Waals surface area contributed by atoms with Crippen LogP contribution in [0.4, 0.5) is 4.39 Å². The van der Waals surface area contributed by atoms with E-state index < -0.39 is 0 Å². The first kappa shape index (κ1) is 15.2. The number of hydrazine groups is 1. The Hall–Kier alpha value is -1.17. The Kier molecular flexibility index (Phi) is 5.34. The lowest BCUT2D eigenvalue weighted by Gasteiger charge is -2.26. The normalized spacial score (nSPS) is 23.8. The van der Waals surface area contributed by atoms with Gasteiger partial charge in [0, 0.05) is 18.6 Å². The van der Waals surface area contributed by atoms with Crippen molar-refractivity contribution in [3.05, 3.63) is 29.6 Å². The summed E-state index contributed by atoms with van der Waals surface area (Å²) in [6.45, 7) is 2.85. The number of rotatable bonds is 6. The summed E-state index contributed by atoms with van der Waals surface area (Å²) >= 11 is 0. The predicted molar refractivity (Wildman–Crippen MR) is 75.9 cm³/mol. The third kappa shape index (κ3) is 3.11. The minimum atomic E-state index is -0.304. The average molecular weight is 282 g/mol. The number of benzene rings is 1. The first-order chi connectivity index (χ1) is 9.71. The van der Waals surface area contributed by atoms with Crippen LogP contribution in [-0.4, -0.2) is 25.9 Å². The standard InChI is InChI=1S/C15H23FN2O2/c1-3-13-11(7-8-20-13)12(18-17)9-10-5-4-6-14(19-2)15(10)16/h4-6,11-13,18H,3,7-9,17H2,1-2H3. The monoisotopic (exact) mass is 282 g/mol. The van der Waals surface area contributed by atoms with Crippen molar-refractivity contribution < 1.29 is 13.9 Å². The second kappa shape index (κ2) is 7.02. The molecular formula is C15H23FN2O2. The summed E-state index contributed by atoms with van der Waals surface area (Å²) in [5.74, 6) is 5.96. The number of halogens is 1. The van der Waals surface area contributed by atoms with E-state index in [1.807, 2.05) is 0 Å². The Morgan fingerprint density at radius 3 is 3.00 bits per heavy atom. The fourth-order valence-corrected chi connectivity index (χ4v) is 2.99. The highest BCUT2D eigenvalue weighted by Crippen LogP contribution is 2.29. The Morgan fingerprint density at radius 1 is 1.55 bits per heavy atom. The van der Waals surface area contributed by atoms with E-state index in [4.69, 9.17) is 15.3 Å². The number of methoxy groups -OCH3 is 1. The summed E-state index contributed by atoms with van der Waals surface area (Å²) < 4.78 is 24.9. The van der Waals surface area contributed by atoms with Crippen LogP contribution in [-0.2, 0) is 11.2 Å². The van der Waals surface area contributed by atoms with Crippen LogP contribution in [0.2, 0.25) is 0 Å². The maximum absolute atomic E-state index is 14.2. The van der Waals surface area contributed by atoms with Crippen LogP contribution in [0.5, 0.6) is 5.75 Å². The maximum Gasteiger partial charge on any atom is 0.168 e. The van der Waals surface area contributed by atoms with Crippen molar-refractivity contribution in [1.29, 1.82) is 0 Å². The molecule has 1 aliphatic heterocycles. The van der Waals surface area contributed by atoms with Gasteiger partial charge in [0.25, 0.3) is 0 Å². The van der Waals surface area contributed by atoms with Crippen LogP contribution >= 0.6 is 0 Å². The smallest absolute Gasteiger partial charge is 0.168 e. The largest absolute Gasteiger partial charge is 0.494 e. The van der Waals surface area contributed by atoms with Crippen molar-refractivity contribution in [2.75, 3.05) is 13.7 Å². The van der Waals surface area contributed by atoms with E-state index in [1.54, 1.807) is 18.2 Å². The lowest BCUT2D eigenvalue weighted by Crippen LogP contribution is -2.45. The number of nitrogens with two attached hydrogens (primary N) is 1. The highest BCUT2D eigenvalue weighted by atomic mass is 19.1. The highest BCUT2D eigenvalue weighted by molar-refractivity contribution is 5.31. The van der Waals surface area contributed by atoms with Crippen molar-refractivity contribution >= 4 is 0 Å². The Morgan fingerprint density at radius 2 is 2.35 bits per heavy atom. The highest BCUT2D eigenvalue weighted by Gasteiger charge is 2.33. The molecule has 5 heteroatoms. The molecule has 2 rings (SSSR count). The van der Waals surface area contributed by atoms with E-state index >= 15 is 0 Å². The van der Waals surface area contributed by atoms with Crippen LogP contribution in [0.1, 0.15) is 25.3 Å². The molecule has 1 saturated heterocycles. The SMILES string of the molecule is CCC1OCCC1C(Cc1cccc(OC)c1F)NN. The third-order valence-corrected chi connectivity index (χ3v) is 4.10. The quantitative estimate of drug-likeness (QED) is 0.619. The van der Waals surface area contributed by atoms with E-state index in [1.165, 1.54) is 7.11 Å². The Balaban J connectivity index is 2.14. The van der Waals surface area contributed by atoms with Gasteiger partial charge in [-0.1, -0.05) is 19.1 Å². The van der Waals surface area contributed by atoms with E-state index in [2.05, 4.69) is 12.3 Å². The molecule has 20 heavy (non-hydrogen) atoms. The van der Waals surface area contributed by atoms with Crippen molar-refractivity contribution in [3.8, 4) is 5.75 Å². The molecule has 0 saturated carbocycles. The molecule has 1 aromatic carbocycles. The molecular weight excluding hydrogens is 259 g/mol. The first-order valence-electron chi connectivity index (χ1n) is 7.10. The summed E-state index contributed by atoms with van der Waals surface area (Å²) in [5, 5.41) is 0. The zero-order chi connectivity index (χ0) is 14.5. The fraction of sp³-hybridized carbons (Fsp3) is 0.600. The molecule has 3 atom stereocenters. The van der Waals surface area contributed by atoms with E-state index in [0.29, 0.717) is 17.9 Å². The van der Waals surface area contributed by atoms with E-state index in [-0.39, 0.29) is 23.7 Å². The third-order valence-electron chi connectivity index (χ3n) is 4.10. The summed E-state index contributed by atoms with van der Waals surface area (Å²) in [7, 11) is 1.47. The first-order valence-corrected chi connectivity index (χ1v) is 7.10. The van der Waals surface area contributed by atoms with Gasteiger partial charge in [0.15, 0.2) is 11.6 Å². The molecule has 1 aliphatic rings. The van der Waals surface area contributed by atoms with Gasteiger partial charge < -0.3 is 9.47 Å². The Bertz CT molecular complexity index is 442. The van der Waals surface area contributed by atoms with E-state index in [0.717, 1.165) is 19.4 Å². The summed E-state index contributed by atoms with van der Waals surface area (Å²) in [4.78, 5) is 0. The van der Waals surface area contributed by atoms with Crippen molar-refractivity contribution in [3.63, 3.8) is 0 Å². The fourth-order valence-electron chi connectivity index (χ4n) is 2.99. The van der Waals surface area contributed by atoms with Crippen molar-refractivity contribution in [2.24, 2.45) is 11.8 Å². The zero-order valence-corrected chi connectivity index (χ0v) is 12.1. The van der Waals surface area contributed by atoms with E-state index in [9.17, 15) is 4.39 Å². The van der Waals surface area contributed by atoms with Gasteiger partial charge in [-0.3, -0.25) is 11.3 Å². The van der Waals surface area contributed by atoms with Crippen LogP contribution in [0.25, 0.3) is 0 Å². The van der Waals surface area contributed by atoms with Crippen LogP contribution in [0.3, 0.4) is 0 Å². The molecule has 0 bridgehead atoms. The lowest BCUT2D eigenvalue weighted by atomic mass is 9.87. The molecule has 3 N–H and O–H groups in total. The number of hydrogen-bond donors (Lipinski definition) is 2. The zero-order valence-electron chi connectivity index (χ0n) is 12.1. The van der Waals surface area contributed by atoms with Crippen LogP contribution < -0.4 is 16.0 Å². The minimum absolute atomic E-state index is 0.00376. The summed E-state index contributed by atoms with van der Waals surface area (Å²) in [6, 6.07) is 5.20. The van der Waals surface area contributed by atoms with Gasteiger partial charge in [-0.15, -0.1) is 0 Å². The van der Waals surface area contributed by atoms with Gasteiger partial charge in [-0.25, -0.2) is 4.39 Å². The molecule has 0 radical (unpaired) electrons. The Labute approximate surface area is 119 Å². The molecule has 1 aromatic rings. The van der Waals surface area contributed by atoms with Gasteiger partial charge in [0.05, 0.1) is 13.2 Å². The molecule has 1 fully saturated rings. The summed E-state index contributed by atoms with van der Waals surface area (Å²) in [5.41, 5.74) is 3.45.